The second-order valence-corrected chi connectivity index (χ2v) is 8.91. The fourth-order valence-electron chi connectivity index (χ4n) is 2.61. The van der Waals surface area contributed by atoms with Gasteiger partial charge in [0, 0.05) is 11.3 Å². The standard InChI is InChI=1S/C21H25N3O6S/c1-14(30-13-15-6-7-15)20(25)22-23-21(26)16-4-3-5-19(12-16)31(27,28)24-17-8-10-18(29-2)11-9-17/h3-5,8-12,14-15,24H,6-7,13H2,1-2H3,(H,22,25)(H,23,26). The Morgan fingerprint density at radius 1 is 1.10 bits per heavy atom. The Balaban J connectivity index is 1.59. The van der Waals surface area contributed by atoms with E-state index in [0.717, 1.165) is 12.8 Å². The molecule has 0 aliphatic heterocycles. The van der Waals surface area contributed by atoms with Crippen LogP contribution in [-0.2, 0) is 19.6 Å². The lowest BCUT2D eigenvalue weighted by Gasteiger charge is -2.14. The first-order valence-electron chi connectivity index (χ1n) is 9.77. The molecule has 166 valence electrons. The largest absolute Gasteiger partial charge is 0.497 e. The highest BCUT2D eigenvalue weighted by Crippen LogP contribution is 2.29. The monoisotopic (exact) mass is 447 g/mol. The van der Waals surface area contributed by atoms with Crippen molar-refractivity contribution in [1.82, 2.24) is 10.9 Å². The van der Waals surface area contributed by atoms with Crippen LogP contribution in [0.15, 0.2) is 53.4 Å². The maximum absolute atomic E-state index is 12.7. The number of carbonyl (C=O) groups is 2. The molecule has 0 heterocycles. The maximum atomic E-state index is 12.7. The van der Waals surface area contributed by atoms with E-state index in [1.165, 1.54) is 31.4 Å². The summed E-state index contributed by atoms with van der Waals surface area (Å²) in [5.41, 5.74) is 4.99. The molecule has 0 aromatic heterocycles. The Kier molecular flexibility index (Phi) is 7.13. The Morgan fingerprint density at radius 2 is 1.81 bits per heavy atom. The highest BCUT2D eigenvalue weighted by Gasteiger charge is 2.24. The van der Waals surface area contributed by atoms with Crippen LogP contribution in [0.25, 0.3) is 0 Å². The van der Waals surface area contributed by atoms with Gasteiger partial charge >= 0.3 is 0 Å². The molecule has 0 bridgehead atoms. The van der Waals surface area contributed by atoms with Crippen molar-refractivity contribution in [2.75, 3.05) is 18.4 Å². The van der Waals surface area contributed by atoms with Crippen molar-refractivity contribution in [3.05, 3.63) is 54.1 Å². The number of sulfonamides is 1. The van der Waals surface area contributed by atoms with Gasteiger partial charge in [-0.05, 0) is 68.1 Å². The molecule has 1 unspecified atom stereocenters. The van der Waals surface area contributed by atoms with Gasteiger partial charge in [0.2, 0.25) is 0 Å². The van der Waals surface area contributed by atoms with Crippen LogP contribution in [0.3, 0.4) is 0 Å². The molecule has 0 saturated heterocycles. The highest BCUT2D eigenvalue weighted by atomic mass is 32.2. The Hall–Kier alpha value is -3.11. The maximum Gasteiger partial charge on any atom is 0.269 e. The molecule has 1 atom stereocenters. The van der Waals surface area contributed by atoms with Crippen molar-refractivity contribution in [2.24, 2.45) is 5.92 Å². The number of hydrazine groups is 1. The summed E-state index contributed by atoms with van der Waals surface area (Å²) in [5.74, 6) is -0.0276. The molecule has 31 heavy (non-hydrogen) atoms. The summed E-state index contributed by atoms with van der Waals surface area (Å²) >= 11 is 0. The fraction of sp³-hybridized carbons (Fsp3) is 0.333. The van der Waals surface area contributed by atoms with Crippen molar-refractivity contribution < 1.29 is 27.5 Å². The molecule has 1 fully saturated rings. The number of hydrogen-bond donors (Lipinski definition) is 3. The van der Waals surface area contributed by atoms with E-state index in [1.807, 2.05) is 0 Å². The Bertz CT molecular complexity index is 1040. The summed E-state index contributed by atoms with van der Waals surface area (Å²) < 4.78 is 38.2. The number of carbonyl (C=O) groups excluding carboxylic acids is 2. The smallest absolute Gasteiger partial charge is 0.269 e. The molecule has 3 rings (SSSR count). The minimum absolute atomic E-state index is 0.0736. The van der Waals surface area contributed by atoms with Gasteiger partial charge in [-0.1, -0.05) is 6.07 Å². The average Bonchev–Trinajstić information content (AvgIpc) is 3.60. The minimum Gasteiger partial charge on any atom is -0.497 e. The number of amides is 2. The van der Waals surface area contributed by atoms with E-state index in [4.69, 9.17) is 9.47 Å². The van der Waals surface area contributed by atoms with Crippen LogP contribution in [0, 0.1) is 5.92 Å². The van der Waals surface area contributed by atoms with E-state index in [9.17, 15) is 18.0 Å². The molecule has 2 aromatic carbocycles. The molecule has 9 nitrogen and oxygen atoms in total. The van der Waals surface area contributed by atoms with E-state index in [0.29, 0.717) is 24.0 Å². The zero-order chi connectivity index (χ0) is 22.4. The summed E-state index contributed by atoms with van der Waals surface area (Å²) in [6, 6.07) is 11.9. The lowest BCUT2D eigenvalue weighted by molar-refractivity contribution is -0.132. The van der Waals surface area contributed by atoms with Crippen LogP contribution in [0.4, 0.5) is 5.69 Å². The first-order valence-corrected chi connectivity index (χ1v) is 11.3. The van der Waals surface area contributed by atoms with Gasteiger partial charge in [0.25, 0.3) is 21.8 Å². The molecule has 3 N–H and O–H groups in total. The van der Waals surface area contributed by atoms with Crippen molar-refractivity contribution in [3.8, 4) is 5.75 Å². The molecule has 0 radical (unpaired) electrons. The SMILES string of the molecule is COc1ccc(NS(=O)(=O)c2cccc(C(=O)NNC(=O)C(C)OCC3CC3)c2)cc1. The first-order chi connectivity index (χ1) is 14.8. The predicted molar refractivity (Wildman–Crippen MR) is 114 cm³/mol. The van der Waals surface area contributed by atoms with Gasteiger partial charge in [-0.3, -0.25) is 25.2 Å². The molecule has 0 spiro atoms. The van der Waals surface area contributed by atoms with Crippen LogP contribution in [-0.4, -0.2) is 40.1 Å². The molecule has 1 aliphatic rings. The number of rotatable bonds is 9. The van der Waals surface area contributed by atoms with Gasteiger partial charge in [0.05, 0.1) is 18.6 Å². The second-order valence-electron chi connectivity index (χ2n) is 7.22. The molecule has 2 amide bonds. The van der Waals surface area contributed by atoms with Crippen molar-refractivity contribution in [2.45, 2.75) is 30.8 Å². The lowest BCUT2D eigenvalue weighted by Crippen LogP contribution is -2.46. The quantitative estimate of drug-likeness (QED) is 0.506. The number of ether oxygens (including phenoxy) is 2. The fourth-order valence-corrected chi connectivity index (χ4v) is 3.71. The average molecular weight is 448 g/mol. The molecular weight excluding hydrogens is 422 g/mol. The Morgan fingerprint density at radius 3 is 2.45 bits per heavy atom. The van der Waals surface area contributed by atoms with E-state index >= 15 is 0 Å². The van der Waals surface area contributed by atoms with Gasteiger partial charge in [-0.15, -0.1) is 0 Å². The van der Waals surface area contributed by atoms with Crippen LogP contribution in [0.5, 0.6) is 5.75 Å². The summed E-state index contributed by atoms with van der Waals surface area (Å²) in [4.78, 5) is 24.3. The number of hydrogen-bond acceptors (Lipinski definition) is 6. The number of anilines is 1. The summed E-state index contributed by atoms with van der Waals surface area (Å²) in [6.45, 7) is 2.12. The van der Waals surface area contributed by atoms with Gasteiger partial charge in [-0.2, -0.15) is 0 Å². The van der Waals surface area contributed by atoms with E-state index in [2.05, 4.69) is 15.6 Å². The predicted octanol–water partition coefficient (Wildman–Crippen LogP) is 2.07. The molecule has 1 saturated carbocycles. The minimum atomic E-state index is -3.92. The summed E-state index contributed by atoms with van der Waals surface area (Å²) in [7, 11) is -2.41. The van der Waals surface area contributed by atoms with Crippen LogP contribution in [0.2, 0.25) is 0 Å². The van der Waals surface area contributed by atoms with Crippen LogP contribution >= 0.6 is 0 Å². The number of nitrogens with one attached hydrogen (secondary N) is 3. The van der Waals surface area contributed by atoms with Crippen LogP contribution in [0.1, 0.15) is 30.1 Å². The second kappa shape index (κ2) is 9.80. The third-order valence-corrected chi connectivity index (χ3v) is 6.08. The van der Waals surface area contributed by atoms with E-state index in [-0.39, 0.29) is 10.5 Å². The summed E-state index contributed by atoms with van der Waals surface area (Å²) in [5, 5.41) is 0. The van der Waals surface area contributed by atoms with Gasteiger partial charge < -0.3 is 9.47 Å². The summed E-state index contributed by atoms with van der Waals surface area (Å²) in [6.07, 6.45) is 1.51. The Labute approximate surface area is 181 Å². The van der Waals surface area contributed by atoms with Gasteiger partial charge in [0.15, 0.2) is 0 Å². The van der Waals surface area contributed by atoms with Crippen molar-refractivity contribution >= 4 is 27.5 Å². The van der Waals surface area contributed by atoms with Gasteiger partial charge in [-0.25, -0.2) is 8.42 Å². The third kappa shape index (κ3) is 6.43. The first kappa shape index (κ1) is 22.6. The highest BCUT2D eigenvalue weighted by molar-refractivity contribution is 7.92. The van der Waals surface area contributed by atoms with Crippen LogP contribution < -0.4 is 20.3 Å². The van der Waals surface area contributed by atoms with E-state index in [1.54, 1.807) is 31.2 Å². The molecular formula is C21H25N3O6S. The number of benzene rings is 2. The third-order valence-electron chi connectivity index (χ3n) is 4.70. The van der Waals surface area contributed by atoms with Gasteiger partial charge in [0.1, 0.15) is 11.9 Å². The van der Waals surface area contributed by atoms with Crippen molar-refractivity contribution in [1.29, 1.82) is 0 Å². The zero-order valence-electron chi connectivity index (χ0n) is 17.3. The van der Waals surface area contributed by atoms with E-state index < -0.39 is 27.9 Å². The normalized spacial score (nSPS) is 14.4. The molecule has 10 heteroatoms. The molecule has 1 aliphatic carbocycles. The number of methoxy groups -OCH3 is 1. The topological polar surface area (TPSA) is 123 Å². The lowest BCUT2D eigenvalue weighted by atomic mass is 10.2. The zero-order valence-corrected chi connectivity index (χ0v) is 18.1. The molecule has 2 aromatic rings. The van der Waals surface area contributed by atoms with Crippen molar-refractivity contribution in [3.63, 3.8) is 0 Å².